The fourth-order valence-corrected chi connectivity index (χ4v) is 4.07. The van der Waals surface area contributed by atoms with E-state index in [-0.39, 0.29) is 5.91 Å². The SMILES string of the molecule is COc1ccccc1CNC(=O)CSc1nc(-c2ccc(C)cc2)cs1. The van der Waals surface area contributed by atoms with Crippen LogP contribution in [0.15, 0.2) is 58.3 Å². The average molecular weight is 385 g/mol. The first-order valence-corrected chi connectivity index (χ1v) is 10.1. The third kappa shape index (κ3) is 4.86. The summed E-state index contributed by atoms with van der Waals surface area (Å²) >= 11 is 3.02. The summed E-state index contributed by atoms with van der Waals surface area (Å²) in [5, 5.41) is 4.95. The van der Waals surface area contributed by atoms with Gasteiger partial charge in [-0.25, -0.2) is 4.98 Å². The Kier molecular flexibility index (Phi) is 6.30. The quantitative estimate of drug-likeness (QED) is 0.608. The molecular formula is C20H20N2O2S2. The summed E-state index contributed by atoms with van der Waals surface area (Å²) < 4.78 is 6.19. The van der Waals surface area contributed by atoms with Gasteiger partial charge < -0.3 is 10.1 Å². The molecular weight excluding hydrogens is 364 g/mol. The van der Waals surface area contributed by atoms with E-state index in [1.165, 1.54) is 17.3 Å². The molecule has 4 nitrogen and oxygen atoms in total. The Hall–Kier alpha value is -2.31. The number of thioether (sulfide) groups is 1. The summed E-state index contributed by atoms with van der Waals surface area (Å²) in [6.07, 6.45) is 0. The number of carbonyl (C=O) groups is 1. The first-order chi connectivity index (χ1) is 12.7. The van der Waals surface area contributed by atoms with Gasteiger partial charge in [0.1, 0.15) is 5.75 Å². The van der Waals surface area contributed by atoms with E-state index in [9.17, 15) is 4.79 Å². The van der Waals surface area contributed by atoms with Gasteiger partial charge in [-0.2, -0.15) is 0 Å². The van der Waals surface area contributed by atoms with E-state index < -0.39 is 0 Å². The van der Waals surface area contributed by atoms with Crippen molar-refractivity contribution >= 4 is 29.0 Å². The molecule has 0 spiro atoms. The Morgan fingerprint density at radius 1 is 1.19 bits per heavy atom. The Labute approximate surface area is 161 Å². The van der Waals surface area contributed by atoms with Crippen LogP contribution >= 0.6 is 23.1 Å². The summed E-state index contributed by atoms with van der Waals surface area (Å²) in [5.41, 5.74) is 4.24. The zero-order valence-corrected chi connectivity index (χ0v) is 16.3. The number of thiazole rings is 1. The fraction of sp³-hybridized carbons (Fsp3) is 0.200. The van der Waals surface area contributed by atoms with Crippen molar-refractivity contribution in [2.45, 2.75) is 17.8 Å². The van der Waals surface area contributed by atoms with Crippen molar-refractivity contribution in [1.29, 1.82) is 0 Å². The van der Waals surface area contributed by atoms with Crippen LogP contribution in [0.4, 0.5) is 0 Å². The predicted octanol–water partition coefficient (Wildman–Crippen LogP) is 4.54. The third-order valence-electron chi connectivity index (χ3n) is 3.83. The molecule has 0 saturated carbocycles. The Bertz CT molecular complexity index is 876. The van der Waals surface area contributed by atoms with Crippen molar-refractivity contribution < 1.29 is 9.53 Å². The lowest BCUT2D eigenvalue weighted by Crippen LogP contribution is -2.24. The number of hydrogen-bond acceptors (Lipinski definition) is 5. The average Bonchev–Trinajstić information content (AvgIpc) is 3.14. The van der Waals surface area contributed by atoms with E-state index >= 15 is 0 Å². The van der Waals surface area contributed by atoms with Crippen molar-refractivity contribution in [3.63, 3.8) is 0 Å². The molecule has 1 amide bonds. The van der Waals surface area contributed by atoms with Gasteiger partial charge in [0.05, 0.1) is 18.6 Å². The molecule has 26 heavy (non-hydrogen) atoms. The smallest absolute Gasteiger partial charge is 0.230 e. The van der Waals surface area contributed by atoms with Crippen LogP contribution in [-0.2, 0) is 11.3 Å². The van der Waals surface area contributed by atoms with Crippen LogP contribution in [0.5, 0.6) is 5.75 Å². The number of amides is 1. The van der Waals surface area contributed by atoms with Crippen LogP contribution < -0.4 is 10.1 Å². The second kappa shape index (κ2) is 8.87. The van der Waals surface area contributed by atoms with Crippen LogP contribution in [0.2, 0.25) is 0 Å². The Morgan fingerprint density at radius 3 is 2.73 bits per heavy atom. The van der Waals surface area contributed by atoms with E-state index in [1.807, 2.05) is 29.6 Å². The number of aromatic nitrogens is 1. The van der Waals surface area contributed by atoms with Crippen LogP contribution in [-0.4, -0.2) is 23.8 Å². The van der Waals surface area contributed by atoms with E-state index in [4.69, 9.17) is 4.74 Å². The molecule has 0 unspecified atom stereocenters. The van der Waals surface area contributed by atoms with Gasteiger partial charge in [0.15, 0.2) is 4.34 Å². The van der Waals surface area contributed by atoms with E-state index in [2.05, 4.69) is 41.5 Å². The number of hydrogen-bond donors (Lipinski definition) is 1. The zero-order valence-electron chi connectivity index (χ0n) is 14.7. The highest BCUT2D eigenvalue weighted by molar-refractivity contribution is 8.01. The molecule has 3 rings (SSSR count). The van der Waals surface area contributed by atoms with Gasteiger partial charge >= 0.3 is 0 Å². The van der Waals surface area contributed by atoms with Crippen molar-refractivity contribution in [1.82, 2.24) is 10.3 Å². The molecule has 0 aliphatic carbocycles. The summed E-state index contributed by atoms with van der Waals surface area (Å²) in [6.45, 7) is 2.52. The maximum absolute atomic E-state index is 12.1. The molecule has 6 heteroatoms. The van der Waals surface area contributed by atoms with Crippen molar-refractivity contribution in [2.75, 3.05) is 12.9 Å². The predicted molar refractivity (Wildman–Crippen MR) is 108 cm³/mol. The molecule has 0 fully saturated rings. The number of aryl methyl sites for hydroxylation is 1. The summed E-state index contributed by atoms with van der Waals surface area (Å²) in [6, 6.07) is 16.0. The third-order valence-corrected chi connectivity index (χ3v) is 5.85. The number of carbonyl (C=O) groups excluding carboxylic acids is 1. The van der Waals surface area contributed by atoms with Gasteiger partial charge in [-0.15, -0.1) is 11.3 Å². The molecule has 0 aliphatic heterocycles. The zero-order chi connectivity index (χ0) is 18.4. The standard InChI is InChI=1S/C20H20N2O2S2/c1-14-7-9-15(10-8-14)17-12-25-20(22-17)26-13-19(23)21-11-16-5-3-4-6-18(16)24-2/h3-10,12H,11,13H2,1-2H3,(H,21,23). The molecule has 1 heterocycles. The molecule has 0 bridgehead atoms. The summed E-state index contributed by atoms with van der Waals surface area (Å²) in [7, 11) is 1.63. The Morgan fingerprint density at radius 2 is 1.96 bits per heavy atom. The normalized spacial score (nSPS) is 10.5. The molecule has 0 saturated heterocycles. The lowest BCUT2D eigenvalue weighted by atomic mass is 10.1. The van der Waals surface area contributed by atoms with E-state index in [1.54, 1.807) is 18.4 Å². The number of benzene rings is 2. The fourth-order valence-electron chi connectivity index (χ4n) is 2.40. The Balaban J connectivity index is 1.51. The highest BCUT2D eigenvalue weighted by Crippen LogP contribution is 2.28. The topological polar surface area (TPSA) is 51.2 Å². The molecule has 0 atom stereocenters. The number of ether oxygens (including phenoxy) is 1. The minimum absolute atomic E-state index is 0.0204. The number of methoxy groups -OCH3 is 1. The minimum atomic E-state index is -0.0204. The van der Waals surface area contributed by atoms with Crippen molar-refractivity contribution in [2.24, 2.45) is 0 Å². The lowest BCUT2D eigenvalue weighted by molar-refractivity contribution is -0.118. The molecule has 2 aromatic carbocycles. The summed E-state index contributed by atoms with van der Waals surface area (Å²) in [5.74, 6) is 1.10. The first-order valence-electron chi connectivity index (χ1n) is 8.19. The van der Waals surface area contributed by atoms with Crippen LogP contribution in [0.25, 0.3) is 11.3 Å². The van der Waals surface area contributed by atoms with Gasteiger partial charge in [-0.1, -0.05) is 59.8 Å². The largest absolute Gasteiger partial charge is 0.496 e. The number of nitrogens with zero attached hydrogens (tertiary/aromatic N) is 1. The van der Waals surface area contributed by atoms with E-state index in [0.717, 1.165) is 26.9 Å². The first kappa shape index (κ1) is 18.5. The van der Waals surface area contributed by atoms with Gasteiger partial charge in [0.25, 0.3) is 0 Å². The van der Waals surface area contributed by atoms with Gasteiger partial charge in [-0.05, 0) is 13.0 Å². The van der Waals surface area contributed by atoms with Gasteiger partial charge in [0.2, 0.25) is 5.91 Å². The highest BCUT2D eigenvalue weighted by Gasteiger charge is 2.09. The number of para-hydroxylation sites is 1. The molecule has 1 aromatic heterocycles. The second-order valence-electron chi connectivity index (χ2n) is 5.74. The molecule has 1 N–H and O–H groups in total. The molecule has 0 aliphatic rings. The van der Waals surface area contributed by atoms with Crippen LogP contribution in [0.3, 0.4) is 0 Å². The maximum atomic E-state index is 12.1. The highest BCUT2D eigenvalue weighted by atomic mass is 32.2. The van der Waals surface area contributed by atoms with Gasteiger partial charge in [0, 0.05) is 23.1 Å². The molecule has 3 aromatic rings. The molecule has 0 radical (unpaired) electrons. The number of nitrogens with one attached hydrogen (secondary N) is 1. The van der Waals surface area contributed by atoms with Gasteiger partial charge in [-0.3, -0.25) is 4.79 Å². The maximum Gasteiger partial charge on any atom is 0.230 e. The molecule has 134 valence electrons. The van der Waals surface area contributed by atoms with Crippen LogP contribution in [0, 0.1) is 6.92 Å². The van der Waals surface area contributed by atoms with Crippen LogP contribution in [0.1, 0.15) is 11.1 Å². The van der Waals surface area contributed by atoms with E-state index in [0.29, 0.717) is 12.3 Å². The minimum Gasteiger partial charge on any atom is -0.496 e. The monoisotopic (exact) mass is 384 g/mol. The summed E-state index contributed by atoms with van der Waals surface area (Å²) in [4.78, 5) is 16.7. The van der Waals surface area contributed by atoms with Crippen molar-refractivity contribution in [3.8, 4) is 17.0 Å². The second-order valence-corrected chi connectivity index (χ2v) is 7.82. The van der Waals surface area contributed by atoms with Crippen molar-refractivity contribution in [3.05, 3.63) is 65.0 Å². The lowest BCUT2D eigenvalue weighted by Gasteiger charge is -2.09. The number of rotatable bonds is 7.